The Morgan fingerprint density at radius 1 is 1.25 bits per heavy atom. The summed E-state index contributed by atoms with van der Waals surface area (Å²) in [5.74, 6) is 1.95. The number of hydrogen-bond acceptors (Lipinski definition) is 2. The molecule has 0 bridgehead atoms. The second kappa shape index (κ2) is 5.63. The van der Waals surface area contributed by atoms with Gasteiger partial charge in [0.15, 0.2) is 0 Å². The first-order chi connectivity index (χ1) is 5.49. The molecule has 1 atom stereocenters. The molecule has 0 radical (unpaired) electrons. The summed E-state index contributed by atoms with van der Waals surface area (Å²) in [5.41, 5.74) is 0. The molecule has 0 spiro atoms. The summed E-state index contributed by atoms with van der Waals surface area (Å²) in [6.07, 6.45) is 0.973. The molecule has 0 heterocycles. The first-order valence-corrected chi connectivity index (χ1v) is 5.26. The number of hydrogen-bond donors (Lipinski definition) is 1. The van der Waals surface area contributed by atoms with Crippen molar-refractivity contribution in [1.29, 1.82) is 0 Å². The number of thiol groups is 1. The third kappa shape index (κ3) is 4.15. The average Bonchev–Trinajstić information content (AvgIpc) is 1.98. The van der Waals surface area contributed by atoms with Crippen molar-refractivity contribution in [1.82, 2.24) is 0 Å². The van der Waals surface area contributed by atoms with Crippen LogP contribution < -0.4 is 0 Å². The molecule has 1 unspecified atom stereocenters. The topological polar surface area (TPSA) is 17.1 Å². The molecule has 0 saturated heterocycles. The van der Waals surface area contributed by atoms with Gasteiger partial charge in [0.1, 0.15) is 5.78 Å². The van der Waals surface area contributed by atoms with Crippen molar-refractivity contribution in [3.05, 3.63) is 0 Å². The highest BCUT2D eigenvalue weighted by Gasteiger charge is 2.20. The molecule has 0 aromatic heterocycles. The highest BCUT2D eigenvalue weighted by atomic mass is 32.1. The fourth-order valence-corrected chi connectivity index (χ4v) is 1.65. The van der Waals surface area contributed by atoms with E-state index in [1.54, 1.807) is 0 Å². The van der Waals surface area contributed by atoms with Crippen LogP contribution in [0.15, 0.2) is 0 Å². The van der Waals surface area contributed by atoms with E-state index in [1.807, 2.05) is 13.8 Å². The summed E-state index contributed by atoms with van der Waals surface area (Å²) in [5, 5.41) is 0. The fraction of sp³-hybridized carbons (Fsp3) is 0.900. The van der Waals surface area contributed by atoms with Gasteiger partial charge in [-0.2, -0.15) is 12.6 Å². The first-order valence-electron chi connectivity index (χ1n) is 4.63. The Hall–Kier alpha value is 0.0200. The lowest BCUT2D eigenvalue weighted by atomic mass is 9.89. The quantitative estimate of drug-likeness (QED) is 0.657. The Balaban J connectivity index is 4.06. The summed E-state index contributed by atoms with van der Waals surface area (Å²) >= 11 is 4.20. The second-order valence-electron chi connectivity index (χ2n) is 4.07. The highest BCUT2D eigenvalue weighted by Crippen LogP contribution is 2.17. The zero-order valence-electron chi connectivity index (χ0n) is 8.50. The first kappa shape index (κ1) is 12.0. The average molecular weight is 188 g/mol. The van der Waals surface area contributed by atoms with Crippen LogP contribution in [0.3, 0.4) is 0 Å². The maximum Gasteiger partial charge on any atom is 0.139 e. The number of carbonyl (C=O) groups excluding carboxylic acids is 1. The lowest BCUT2D eigenvalue weighted by molar-refractivity contribution is -0.125. The molecule has 0 aliphatic carbocycles. The van der Waals surface area contributed by atoms with Crippen LogP contribution in [0.2, 0.25) is 0 Å². The molecule has 12 heavy (non-hydrogen) atoms. The van der Waals surface area contributed by atoms with E-state index in [9.17, 15) is 4.79 Å². The molecule has 0 saturated carbocycles. The van der Waals surface area contributed by atoms with E-state index >= 15 is 0 Å². The molecule has 0 amide bonds. The molecular formula is C10H20OS. The number of carbonyl (C=O) groups is 1. The van der Waals surface area contributed by atoms with Gasteiger partial charge in [0.25, 0.3) is 0 Å². The maximum atomic E-state index is 11.6. The monoisotopic (exact) mass is 188 g/mol. The van der Waals surface area contributed by atoms with Gasteiger partial charge < -0.3 is 0 Å². The predicted molar refractivity (Wildman–Crippen MR) is 56.6 cm³/mol. The zero-order valence-corrected chi connectivity index (χ0v) is 9.40. The summed E-state index contributed by atoms with van der Waals surface area (Å²) in [4.78, 5) is 11.6. The van der Waals surface area contributed by atoms with Crippen LogP contribution >= 0.6 is 12.6 Å². The molecular weight excluding hydrogens is 168 g/mol. The fourth-order valence-electron chi connectivity index (χ4n) is 1.32. The molecule has 0 rings (SSSR count). The smallest absolute Gasteiger partial charge is 0.139 e. The van der Waals surface area contributed by atoms with Crippen molar-refractivity contribution in [3.8, 4) is 0 Å². The van der Waals surface area contributed by atoms with Crippen molar-refractivity contribution >= 4 is 18.4 Å². The molecule has 2 heteroatoms. The van der Waals surface area contributed by atoms with E-state index in [-0.39, 0.29) is 11.8 Å². The number of Topliss-reactive ketones (excluding diaryl/α,β-unsaturated/α-hetero) is 1. The van der Waals surface area contributed by atoms with E-state index in [1.165, 1.54) is 0 Å². The number of ketones is 1. The van der Waals surface area contributed by atoms with Crippen LogP contribution in [0.25, 0.3) is 0 Å². The Labute approximate surface area is 81.3 Å². The zero-order chi connectivity index (χ0) is 9.72. The van der Waals surface area contributed by atoms with Gasteiger partial charge in [-0.1, -0.05) is 27.7 Å². The molecule has 72 valence electrons. The Morgan fingerprint density at radius 2 is 1.75 bits per heavy atom. The van der Waals surface area contributed by atoms with Gasteiger partial charge in [0, 0.05) is 11.8 Å². The predicted octanol–water partition coefficient (Wildman–Crippen LogP) is 2.80. The number of rotatable bonds is 5. The molecule has 0 fully saturated rings. The van der Waals surface area contributed by atoms with Gasteiger partial charge in [-0.15, -0.1) is 0 Å². The summed E-state index contributed by atoms with van der Waals surface area (Å²) in [7, 11) is 0. The second-order valence-corrected chi connectivity index (χ2v) is 4.43. The maximum absolute atomic E-state index is 11.6. The summed E-state index contributed by atoms with van der Waals surface area (Å²) < 4.78 is 0. The minimum Gasteiger partial charge on any atom is -0.299 e. The van der Waals surface area contributed by atoms with E-state index in [4.69, 9.17) is 0 Å². The van der Waals surface area contributed by atoms with E-state index < -0.39 is 0 Å². The van der Waals surface area contributed by atoms with Crippen LogP contribution in [0.4, 0.5) is 0 Å². The van der Waals surface area contributed by atoms with Crippen molar-refractivity contribution in [2.45, 2.75) is 34.1 Å². The third-order valence-electron chi connectivity index (χ3n) is 1.95. The highest BCUT2D eigenvalue weighted by molar-refractivity contribution is 7.80. The van der Waals surface area contributed by atoms with Crippen LogP contribution in [0, 0.1) is 17.8 Å². The van der Waals surface area contributed by atoms with Gasteiger partial charge in [-0.25, -0.2) is 0 Å². The SMILES string of the molecule is CC(C)CC(CS)C(=O)C(C)C. The Bertz CT molecular complexity index is 141. The largest absolute Gasteiger partial charge is 0.299 e. The molecule has 0 N–H and O–H groups in total. The van der Waals surface area contributed by atoms with Crippen LogP contribution in [0.1, 0.15) is 34.1 Å². The molecule has 0 aliphatic heterocycles. The van der Waals surface area contributed by atoms with Gasteiger partial charge in [-0.05, 0) is 18.1 Å². The van der Waals surface area contributed by atoms with Crippen LogP contribution in [-0.4, -0.2) is 11.5 Å². The lowest BCUT2D eigenvalue weighted by Gasteiger charge is -2.17. The van der Waals surface area contributed by atoms with Gasteiger partial charge >= 0.3 is 0 Å². The van der Waals surface area contributed by atoms with Gasteiger partial charge in [0.2, 0.25) is 0 Å². The van der Waals surface area contributed by atoms with E-state index in [0.29, 0.717) is 17.5 Å². The molecule has 0 aliphatic rings. The van der Waals surface area contributed by atoms with Crippen LogP contribution in [0.5, 0.6) is 0 Å². The van der Waals surface area contributed by atoms with Crippen molar-refractivity contribution < 1.29 is 4.79 Å². The van der Waals surface area contributed by atoms with Crippen molar-refractivity contribution in [2.75, 3.05) is 5.75 Å². The summed E-state index contributed by atoms with van der Waals surface area (Å²) in [6.45, 7) is 8.20. The Morgan fingerprint density at radius 3 is 2.00 bits per heavy atom. The molecule has 0 aromatic carbocycles. The normalized spacial score (nSPS) is 13.9. The van der Waals surface area contributed by atoms with Crippen molar-refractivity contribution in [2.24, 2.45) is 17.8 Å². The standard InChI is InChI=1S/C10H20OS/c1-7(2)5-9(6-12)10(11)8(3)4/h7-9,12H,5-6H2,1-4H3. The van der Waals surface area contributed by atoms with Gasteiger partial charge in [0.05, 0.1) is 0 Å². The third-order valence-corrected chi connectivity index (χ3v) is 2.39. The summed E-state index contributed by atoms with van der Waals surface area (Å²) in [6, 6.07) is 0. The lowest BCUT2D eigenvalue weighted by Crippen LogP contribution is -2.22. The molecule has 1 nitrogen and oxygen atoms in total. The van der Waals surface area contributed by atoms with Gasteiger partial charge in [-0.3, -0.25) is 4.79 Å². The van der Waals surface area contributed by atoms with E-state index in [0.717, 1.165) is 6.42 Å². The van der Waals surface area contributed by atoms with E-state index in [2.05, 4.69) is 26.5 Å². The van der Waals surface area contributed by atoms with Crippen molar-refractivity contribution in [3.63, 3.8) is 0 Å². The Kier molecular flexibility index (Phi) is 5.64. The minimum absolute atomic E-state index is 0.154. The van der Waals surface area contributed by atoms with Crippen LogP contribution in [-0.2, 0) is 4.79 Å². The molecule has 0 aromatic rings. The minimum atomic E-state index is 0.154.